The number of amides is 1. The molecule has 5 nitrogen and oxygen atoms in total. The van der Waals surface area contributed by atoms with Crippen molar-refractivity contribution in [3.63, 3.8) is 0 Å². The third-order valence-corrected chi connectivity index (χ3v) is 6.48. The molecule has 1 N–H and O–H groups in total. The number of nitrogens with zero attached hydrogens (tertiary/aromatic N) is 1. The molecule has 0 radical (unpaired) electrons. The van der Waals surface area contributed by atoms with Gasteiger partial charge in [-0.2, -0.15) is 24.9 Å². The van der Waals surface area contributed by atoms with Gasteiger partial charge in [0.15, 0.2) is 0 Å². The fourth-order valence-corrected chi connectivity index (χ4v) is 4.77. The molecule has 1 aliphatic heterocycles. The van der Waals surface area contributed by atoms with Crippen LogP contribution in [0.1, 0.15) is 15.9 Å². The molecule has 0 aromatic heterocycles. The number of nitrogens with one attached hydrogen (secondary N) is 1. The first-order valence-corrected chi connectivity index (χ1v) is 11.0. The van der Waals surface area contributed by atoms with Crippen LogP contribution in [-0.2, 0) is 16.2 Å². The van der Waals surface area contributed by atoms with Gasteiger partial charge in [0.25, 0.3) is 15.9 Å². The highest BCUT2D eigenvalue weighted by Crippen LogP contribution is 2.31. The van der Waals surface area contributed by atoms with E-state index < -0.39 is 26.7 Å². The van der Waals surface area contributed by atoms with E-state index in [4.69, 9.17) is 0 Å². The topological polar surface area (TPSA) is 66.5 Å². The summed E-state index contributed by atoms with van der Waals surface area (Å²) in [6.45, 7) is 1.11. The molecule has 1 fully saturated rings. The van der Waals surface area contributed by atoms with Crippen molar-refractivity contribution in [1.82, 2.24) is 4.90 Å². The Morgan fingerprint density at radius 1 is 1.04 bits per heavy atom. The van der Waals surface area contributed by atoms with Crippen molar-refractivity contribution in [3.05, 3.63) is 59.7 Å². The van der Waals surface area contributed by atoms with Crippen LogP contribution in [0, 0.1) is 0 Å². The van der Waals surface area contributed by atoms with Crippen molar-refractivity contribution in [2.75, 3.05) is 29.3 Å². The number of para-hydroxylation sites is 1. The number of benzene rings is 2. The lowest BCUT2D eigenvalue weighted by Gasteiger charge is -2.27. The number of carbonyl (C=O) groups is 1. The number of sulfonamides is 1. The Hall–Kier alpha value is -2.20. The van der Waals surface area contributed by atoms with Gasteiger partial charge < -0.3 is 4.90 Å². The SMILES string of the molecule is O=C(c1ccccc1NS(=O)(=O)c1cccc(C(F)(F)F)c1)N1CCSCC1. The summed E-state index contributed by atoms with van der Waals surface area (Å²) < 4.78 is 66.2. The van der Waals surface area contributed by atoms with Crippen LogP contribution in [0.2, 0.25) is 0 Å². The van der Waals surface area contributed by atoms with E-state index in [0.717, 1.165) is 29.7 Å². The third kappa shape index (κ3) is 4.61. The van der Waals surface area contributed by atoms with Crippen LogP contribution in [0.3, 0.4) is 0 Å². The number of carbonyl (C=O) groups excluding carboxylic acids is 1. The maximum absolute atomic E-state index is 12.9. The second-order valence-electron chi connectivity index (χ2n) is 6.08. The van der Waals surface area contributed by atoms with Gasteiger partial charge in [0.05, 0.1) is 21.7 Å². The minimum absolute atomic E-state index is 0.0307. The van der Waals surface area contributed by atoms with E-state index in [1.54, 1.807) is 28.8 Å². The molecule has 1 aliphatic rings. The minimum atomic E-state index is -4.66. The third-order valence-electron chi connectivity index (χ3n) is 4.17. The van der Waals surface area contributed by atoms with Gasteiger partial charge in [-0.15, -0.1) is 0 Å². The maximum atomic E-state index is 12.9. The predicted molar refractivity (Wildman–Crippen MR) is 102 cm³/mol. The summed E-state index contributed by atoms with van der Waals surface area (Å²) >= 11 is 1.73. The predicted octanol–water partition coefficient (Wildman–Crippen LogP) is 3.70. The van der Waals surface area contributed by atoms with E-state index in [2.05, 4.69) is 4.72 Å². The second kappa shape index (κ2) is 8.04. The molecule has 0 saturated carbocycles. The van der Waals surface area contributed by atoms with Crippen LogP contribution in [0.15, 0.2) is 53.4 Å². The van der Waals surface area contributed by atoms with Crippen molar-refractivity contribution in [3.8, 4) is 0 Å². The van der Waals surface area contributed by atoms with Crippen molar-refractivity contribution in [2.45, 2.75) is 11.1 Å². The van der Waals surface area contributed by atoms with E-state index in [-0.39, 0.29) is 17.2 Å². The lowest BCUT2D eigenvalue weighted by atomic mass is 10.1. The first kappa shape index (κ1) is 20.5. The number of hydrogen-bond acceptors (Lipinski definition) is 4. The Morgan fingerprint density at radius 2 is 1.71 bits per heavy atom. The van der Waals surface area contributed by atoms with Gasteiger partial charge in [-0.1, -0.05) is 18.2 Å². The zero-order valence-electron chi connectivity index (χ0n) is 14.6. The van der Waals surface area contributed by atoms with Crippen LogP contribution in [-0.4, -0.2) is 43.8 Å². The van der Waals surface area contributed by atoms with Gasteiger partial charge >= 0.3 is 6.18 Å². The average Bonchev–Trinajstić information content (AvgIpc) is 2.68. The Kier molecular flexibility index (Phi) is 5.90. The smallest absolute Gasteiger partial charge is 0.337 e. The van der Waals surface area contributed by atoms with Gasteiger partial charge in [0.2, 0.25) is 0 Å². The van der Waals surface area contributed by atoms with E-state index in [1.807, 2.05) is 0 Å². The first-order valence-electron chi connectivity index (χ1n) is 8.34. The Balaban J connectivity index is 1.90. The van der Waals surface area contributed by atoms with Crippen LogP contribution >= 0.6 is 11.8 Å². The summed E-state index contributed by atoms with van der Waals surface area (Å²) in [5.74, 6) is 1.27. The molecule has 10 heteroatoms. The van der Waals surface area contributed by atoms with E-state index in [1.165, 1.54) is 12.1 Å². The Bertz CT molecular complexity index is 972. The monoisotopic (exact) mass is 430 g/mol. The van der Waals surface area contributed by atoms with Gasteiger partial charge in [-0.25, -0.2) is 8.42 Å². The average molecular weight is 430 g/mol. The molecule has 2 aromatic rings. The Morgan fingerprint density at radius 3 is 2.39 bits per heavy atom. The van der Waals surface area contributed by atoms with Gasteiger partial charge in [-0.3, -0.25) is 9.52 Å². The normalized spacial score (nSPS) is 15.3. The molecule has 0 spiro atoms. The molecule has 3 rings (SSSR count). The molecule has 150 valence electrons. The second-order valence-corrected chi connectivity index (χ2v) is 8.99. The molecule has 1 amide bonds. The highest BCUT2D eigenvalue weighted by molar-refractivity contribution is 7.99. The molecule has 0 atom stereocenters. The van der Waals surface area contributed by atoms with Crippen molar-refractivity contribution < 1.29 is 26.4 Å². The lowest BCUT2D eigenvalue weighted by Crippen LogP contribution is -2.38. The zero-order valence-corrected chi connectivity index (χ0v) is 16.2. The van der Waals surface area contributed by atoms with E-state index >= 15 is 0 Å². The molecular formula is C18H17F3N2O3S2. The molecule has 1 heterocycles. The summed E-state index contributed by atoms with van der Waals surface area (Å²) in [4.78, 5) is 13.9. The summed E-state index contributed by atoms with van der Waals surface area (Å²) in [7, 11) is -4.31. The van der Waals surface area contributed by atoms with Crippen molar-refractivity contribution in [1.29, 1.82) is 0 Å². The number of halogens is 3. The maximum Gasteiger partial charge on any atom is 0.416 e. The quantitative estimate of drug-likeness (QED) is 0.804. The number of thioether (sulfide) groups is 1. The van der Waals surface area contributed by atoms with Gasteiger partial charge in [0, 0.05) is 24.6 Å². The number of anilines is 1. The van der Waals surface area contributed by atoms with Crippen LogP contribution < -0.4 is 4.72 Å². The first-order chi connectivity index (χ1) is 13.2. The molecule has 0 bridgehead atoms. The fraction of sp³-hybridized carbons (Fsp3) is 0.278. The number of alkyl halides is 3. The molecule has 0 unspecified atom stereocenters. The highest BCUT2D eigenvalue weighted by atomic mass is 32.2. The fourth-order valence-electron chi connectivity index (χ4n) is 2.74. The summed E-state index contributed by atoms with van der Waals surface area (Å²) in [5.41, 5.74) is -0.876. The minimum Gasteiger partial charge on any atom is -0.337 e. The molecule has 2 aromatic carbocycles. The lowest BCUT2D eigenvalue weighted by molar-refractivity contribution is -0.137. The standard InChI is InChI=1S/C18H17F3N2O3S2/c19-18(20,21)13-4-3-5-14(12-13)28(25,26)22-16-7-2-1-6-15(16)17(24)23-8-10-27-11-9-23/h1-7,12,22H,8-11H2. The molecular weight excluding hydrogens is 413 g/mol. The van der Waals surface area contributed by atoms with Gasteiger partial charge in [0.1, 0.15) is 0 Å². The molecule has 28 heavy (non-hydrogen) atoms. The number of rotatable bonds is 4. The van der Waals surface area contributed by atoms with Crippen LogP contribution in [0.4, 0.5) is 18.9 Å². The van der Waals surface area contributed by atoms with Crippen molar-refractivity contribution >= 4 is 33.4 Å². The molecule has 0 aliphatic carbocycles. The zero-order chi connectivity index (χ0) is 20.4. The van der Waals surface area contributed by atoms with Crippen LogP contribution in [0.25, 0.3) is 0 Å². The number of hydrogen-bond donors (Lipinski definition) is 1. The Labute approximate surface area is 165 Å². The van der Waals surface area contributed by atoms with Crippen molar-refractivity contribution in [2.24, 2.45) is 0 Å². The summed E-state index contributed by atoms with van der Waals surface area (Å²) in [5, 5.41) is 0. The molecule has 1 saturated heterocycles. The van der Waals surface area contributed by atoms with E-state index in [9.17, 15) is 26.4 Å². The summed E-state index contributed by atoms with van der Waals surface area (Å²) in [6.07, 6.45) is -4.66. The van der Waals surface area contributed by atoms with Gasteiger partial charge in [-0.05, 0) is 30.3 Å². The van der Waals surface area contributed by atoms with E-state index in [0.29, 0.717) is 19.2 Å². The summed E-state index contributed by atoms with van der Waals surface area (Å²) in [6, 6.07) is 9.52. The highest BCUT2D eigenvalue weighted by Gasteiger charge is 2.32. The largest absolute Gasteiger partial charge is 0.416 e. The van der Waals surface area contributed by atoms with Crippen LogP contribution in [0.5, 0.6) is 0 Å².